The quantitative estimate of drug-likeness (QED) is 0.595. The molecular weight excluding hydrogens is 308 g/mol. The van der Waals surface area contributed by atoms with Gasteiger partial charge in [0.15, 0.2) is 10.9 Å². The highest BCUT2D eigenvalue weighted by Crippen LogP contribution is 2.29. The predicted molar refractivity (Wildman–Crippen MR) is 90.6 cm³/mol. The summed E-state index contributed by atoms with van der Waals surface area (Å²) in [6.07, 6.45) is 3.47. The third-order valence-corrected chi connectivity index (χ3v) is 4.03. The topological polar surface area (TPSA) is 63.8 Å². The van der Waals surface area contributed by atoms with Crippen LogP contribution in [0.5, 0.6) is 0 Å². The molecule has 3 heterocycles. The molecule has 0 aliphatic rings. The standard InChI is InChI=1S/C17H12N4OS/c1-2-4-12(5-3-1)14-10-16(22-21-14)15-11-23-17(20-15)19-13-6-8-18-9-7-13/h1-11H,(H,18,19,20). The molecule has 23 heavy (non-hydrogen) atoms. The zero-order valence-corrected chi connectivity index (χ0v) is 12.8. The zero-order valence-electron chi connectivity index (χ0n) is 12.0. The first kappa shape index (κ1) is 13.7. The Hall–Kier alpha value is -2.99. The smallest absolute Gasteiger partial charge is 0.187 e. The summed E-state index contributed by atoms with van der Waals surface area (Å²) in [7, 11) is 0. The summed E-state index contributed by atoms with van der Waals surface area (Å²) >= 11 is 1.51. The molecule has 4 aromatic rings. The number of hydrogen-bond donors (Lipinski definition) is 1. The highest BCUT2D eigenvalue weighted by atomic mass is 32.1. The number of aromatic nitrogens is 3. The molecule has 0 aliphatic heterocycles. The van der Waals surface area contributed by atoms with Crippen LogP contribution < -0.4 is 5.32 Å². The molecule has 0 amide bonds. The van der Waals surface area contributed by atoms with Crippen LogP contribution in [0, 0.1) is 0 Å². The summed E-state index contributed by atoms with van der Waals surface area (Å²) in [5.41, 5.74) is 3.54. The third-order valence-electron chi connectivity index (χ3n) is 3.27. The minimum Gasteiger partial charge on any atom is -0.354 e. The molecule has 0 aliphatic carbocycles. The number of pyridine rings is 1. The van der Waals surface area contributed by atoms with E-state index in [0.29, 0.717) is 5.76 Å². The maximum atomic E-state index is 5.43. The van der Waals surface area contributed by atoms with E-state index in [1.165, 1.54) is 11.3 Å². The molecule has 4 rings (SSSR count). The molecule has 112 valence electrons. The van der Waals surface area contributed by atoms with Gasteiger partial charge in [-0.1, -0.05) is 35.5 Å². The van der Waals surface area contributed by atoms with Crippen molar-refractivity contribution in [3.8, 4) is 22.7 Å². The van der Waals surface area contributed by atoms with Gasteiger partial charge in [-0.15, -0.1) is 11.3 Å². The summed E-state index contributed by atoms with van der Waals surface area (Å²) in [5, 5.41) is 10.1. The van der Waals surface area contributed by atoms with E-state index in [1.807, 2.05) is 53.9 Å². The number of hydrogen-bond acceptors (Lipinski definition) is 6. The lowest BCUT2D eigenvalue weighted by Crippen LogP contribution is -1.89. The average Bonchev–Trinajstić information content (AvgIpc) is 3.26. The Labute approximate surface area is 136 Å². The van der Waals surface area contributed by atoms with Gasteiger partial charge in [0.25, 0.3) is 0 Å². The molecule has 0 unspecified atom stereocenters. The van der Waals surface area contributed by atoms with E-state index < -0.39 is 0 Å². The number of rotatable bonds is 4. The van der Waals surface area contributed by atoms with Crippen molar-refractivity contribution in [1.29, 1.82) is 0 Å². The number of anilines is 2. The second kappa shape index (κ2) is 6.02. The van der Waals surface area contributed by atoms with E-state index in [4.69, 9.17) is 4.52 Å². The third kappa shape index (κ3) is 2.97. The van der Waals surface area contributed by atoms with Crippen LogP contribution in [0.25, 0.3) is 22.7 Å². The van der Waals surface area contributed by atoms with Gasteiger partial charge in [0, 0.05) is 35.1 Å². The Balaban J connectivity index is 1.56. The second-order valence-electron chi connectivity index (χ2n) is 4.84. The van der Waals surface area contributed by atoms with Crippen LogP contribution in [-0.4, -0.2) is 15.1 Å². The minimum atomic E-state index is 0.655. The van der Waals surface area contributed by atoms with Gasteiger partial charge in [0.2, 0.25) is 0 Å². The fraction of sp³-hybridized carbons (Fsp3) is 0. The number of benzene rings is 1. The first-order valence-corrected chi connectivity index (χ1v) is 7.91. The Bertz CT molecular complexity index is 903. The summed E-state index contributed by atoms with van der Waals surface area (Å²) in [6, 6.07) is 15.6. The van der Waals surface area contributed by atoms with Crippen molar-refractivity contribution in [2.24, 2.45) is 0 Å². The van der Waals surface area contributed by atoms with Crippen molar-refractivity contribution in [2.45, 2.75) is 0 Å². The molecule has 0 saturated carbocycles. The summed E-state index contributed by atoms with van der Waals surface area (Å²) in [5.74, 6) is 0.655. The number of nitrogens with one attached hydrogen (secondary N) is 1. The van der Waals surface area contributed by atoms with Crippen molar-refractivity contribution in [2.75, 3.05) is 5.32 Å². The molecule has 0 atom stereocenters. The van der Waals surface area contributed by atoms with Crippen LogP contribution in [0.15, 0.2) is 70.8 Å². The van der Waals surface area contributed by atoms with Crippen molar-refractivity contribution >= 4 is 22.2 Å². The number of thiazole rings is 1. The van der Waals surface area contributed by atoms with Gasteiger partial charge < -0.3 is 9.84 Å². The Morgan fingerprint density at radius 3 is 2.61 bits per heavy atom. The lowest BCUT2D eigenvalue weighted by molar-refractivity contribution is 0.434. The van der Waals surface area contributed by atoms with Crippen LogP contribution in [0.4, 0.5) is 10.8 Å². The van der Waals surface area contributed by atoms with Crippen LogP contribution in [0.3, 0.4) is 0 Å². The van der Waals surface area contributed by atoms with Gasteiger partial charge in [0.1, 0.15) is 11.4 Å². The molecule has 0 fully saturated rings. The highest BCUT2D eigenvalue weighted by molar-refractivity contribution is 7.14. The van der Waals surface area contributed by atoms with E-state index in [1.54, 1.807) is 12.4 Å². The monoisotopic (exact) mass is 320 g/mol. The van der Waals surface area contributed by atoms with Crippen molar-refractivity contribution in [3.63, 3.8) is 0 Å². The molecule has 0 bridgehead atoms. The van der Waals surface area contributed by atoms with Crippen molar-refractivity contribution < 1.29 is 4.52 Å². The second-order valence-corrected chi connectivity index (χ2v) is 5.70. The number of nitrogens with zero attached hydrogens (tertiary/aromatic N) is 3. The molecule has 0 saturated heterocycles. The molecule has 1 aromatic carbocycles. The summed E-state index contributed by atoms with van der Waals surface area (Å²) < 4.78 is 5.43. The first-order valence-electron chi connectivity index (χ1n) is 7.03. The fourth-order valence-electron chi connectivity index (χ4n) is 2.14. The molecular formula is C17H12N4OS. The maximum absolute atomic E-state index is 5.43. The normalized spacial score (nSPS) is 10.6. The first-order chi connectivity index (χ1) is 11.4. The fourth-order valence-corrected chi connectivity index (χ4v) is 2.86. The largest absolute Gasteiger partial charge is 0.354 e. The minimum absolute atomic E-state index is 0.655. The summed E-state index contributed by atoms with van der Waals surface area (Å²) in [4.78, 5) is 8.53. The molecule has 0 radical (unpaired) electrons. The van der Waals surface area contributed by atoms with Gasteiger partial charge in [-0.3, -0.25) is 4.98 Å². The molecule has 6 heteroatoms. The predicted octanol–water partition coefficient (Wildman–Crippen LogP) is 4.60. The average molecular weight is 320 g/mol. The summed E-state index contributed by atoms with van der Waals surface area (Å²) in [6.45, 7) is 0. The van der Waals surface area contributed by atoms with E-state index in [0.717, 1.165) is 27.8 Å². The molecule has 5 nitrogen and oxygen atoms in total. The van der Waals surface area contributed by atoms with Crippen molar-refractivity contribution in [1.82, 2.24) is 15.1 Å². The van der Waals surface area contributed by atoms with Crippen LogP contribution in [-0.2, 0) is 0 Å². The van der Waals surface area contributed by atoms with Crippen LogP contribution in [0.2, 0.25) is 0 Å². The molecule has 0 spiro atoms. The highest BCUT2D eigenvalue weighted by Gasteiger charge is 2.12. The van der Waals surface area contributed by atoms with Crippen molar-refractivity contribution in [3.05, 3.63) is 66.3 Å². The van der Waals surface area contributed by atoms with Gasteiger partial charge >= 0.3 is 0 Å². The Morgan fingerprint density at radius 2 is 1.78 bits per heavy atom. The van der Waals surface area contributed by atoms with E-state index in [2.05, 4.69) is 20.4 Å². The Morgan fingerprint density at radius 1 is 0.957 bits per heavy atom. The zero-order chi connectivity index (χ0) is 15.5. The van der Waals surface area contributed by atoms with Gasteiger partial charge in [-0.05, 0) is 12.1 Å². The van der Waals surface area contributed by atoms with E-state index >= 15 is 0 Å². The molecule has 3 aromatic heterocycles. The van der Waals surface area contributed by atoms with Gasteiger partial charge in [-0.25, -0.2) is 4.98 Å². The van der Waals surface area contributed by atoms with Crippen LogP contribution in [0.1, 0.15) is 0 Å². The van der Waals surface area contributed by atoms with Gasteiger partial charge in [0.05, 0.1) is 0 Å². The lowest BCUT2D eigenvalue weighted by atomic mass is 10.1. The van der Waals surface area contributed by atoms with E-state index in [9.17, 15) is 0 Å². The lowest BCUT2D eigenvalue weighted by Gasteiger charge is -1.99. The maximum Gasteiger partial charge on any atom is 0.187 e. The Kier molecular flexibility index (Phi) is 3.57. The SMILES string of the molecule is c1ccc(-c2cc(-c3csc(Nc4ccncc4)n3)on2)cc1. The van der Waals surface area contributed by atoms with Gasteiger partial charge in [-0.2, -0.15) is 0 Å². The van der Waals surface area contributed by atoms with Crippen LogP contribution >= 0.6 is 11.3 Å². The molecule has 1 N–H and O–H groups in total. The van der Waals surface area contributed by atoms with E-state index in [-0.39, 0.29) is 0 Å².